The SMILES string of the molecule is CCCCCCCC(=O)n1cnc(N)n1. The van der Waals surface area contributed by atoms with Crippen molar-refractivity contribution in [3.8, 4) is 0 Å². The summed E-state index contributed by atoms with van der Waals surface area (Å²) >= 11 is 0. The molecule has 1 rings (SSSR count). The van der Waals surface area contributed by atoms with Gasteiger partial charge in [0.1, 0.15) is 6.33 Å². The van der Waals surface area contributed by atoms with Gasteiger partial charge in [-0.1, -0.05) is 32.6 Å². The normalized spacial score (nSPS) is 10.5. The summed E-state index contributed by atoms with van der Waals surface area (Å²) in [5, 5.41) is 3.76. The van der Waals surface area contributed by atoms with Crippen molar-refractivity contribution in [2.24, 2.45) is 0 Å². The predicted octanol–water partition coefficient (Wildman–Crippen LogP) is 1.86. The number of carbonyl (C=O) groups is 1. The van der Waals surface area contributed by atoms with Crippen LogP contribution in [-0.4, -0.2) is 20.7 Å². The second-order valence-corrected chi connectivity index (χ2v) is 3.61. The minimum Gasteiger partial charge on any atom is -0.366 e. The van der Waals surface area contributed by atoms with Crippen LogP contribution in [-0.2, 0) is 0 Å². The van der Waals surface area contributed by atoms with E-state index in [2.05, 4.69) is 17.0 Å². The van der Waals surface area contributed by atoms with Gasteiger partial charge in [0, 0.05) is 6.42 Å². The molecule has 1 heterocycles. The number of unbranched alkanes of at least 4 members (excludes halogenated alkanes) is 4. The molecule has 0 spiro atoms. The van der Waals surface area contributed by atoms with Gasteiger partial charge in [0.05, 0.1) is 0 Å². The molecule has 0 radical (unpaired) electrons. The van der Waals surface area contributed by atoms with E-state index in [1.54, 1.807) is 0 Å². The molecule has 5 heteroatoms. The van der Waals surface area contributed by atoms with Crippen molar-refractivity contribution in [3.63, 3.8) is 0 Å². The summed E-state index contributed by atoms with van der Waals surface area (Å²) in [5.74, 6) is 0.116. The number of anilines is 1. The van der Waals surface area contributed by atoms with Gasteiger partial charge in [-0.3, -0.25) is 4.79 Å². The number of rotatable bonds is 6. The Labute approximate surface area is 89.7 Å². The fraction of sp³-hybridized carbons (Fsp3) is 0.700. The molecule has 0 aliphatic rings. The zero-order chi connectivity index (χ0) is 11.1. The van der Waals surface area contributed by atoms with Crippen molar-refractivity contribution in [1.82, 2.24) is 14.8 Å². The average molecular weight is 210 g/mol. The van der Waals surface area contributed by atoms with Crippen LogP contribution in [0.4, 0.5) is 5.95 Å². The van der Waals surface area contributed by atoms with Gasteiger partial charge in [0.15, 0.2) is 0 Å². The van der Waals surface area contributed by atoms with Gasteiger partial charge in [-0.05, 0) is 6.42 Å². The van der Waals surface area contributed by atoms with Gasteiger partial charge in [-0.2, -0.15) is 4.68 Å². The molecule has 1 aromatic rings. The Kier molecular flexibility index (Phi) is 4.80. The van der Waals surface area contributed by atoms with Crippen LogP contribution in [0.25, 0.3) is 0 Å². The minimum absolute atomic E-state index is 0.0318. The van der Waals surface area contributed by atoms with E-state index in [1.165, 1.54) is 30.3 Å². The maximum Gasteiger partial charge on any atom is 0.248 e. The van der Waals surface area contributed by atoms with Crippen molar-refractivity contribution >= 4 is 11.9 Å². The van der Waals surface area contributed by atoms with Gasteiger partial charge in [-0.25, -0.2) is 4.98 Å². The molecule has 0 amide bonds. The molecule has 0 aromatic carbocycles. The van der Waals surface area contributed by atoms with Crippen molar-refractivity contribution in [3.05, 3.63) is 6.33 Å². The van der Waals surface area contributed by atoms with E-state index in [0.717, 1.165) is 12.8 Å². The molecule has 0 aliphatic carbocycles. The largest absolute Gasteiger partial charge is 0.366 e. The fourth-order valence-corrected chi connectivity index (χ4v) is 1.39. The number of hydrogen-bond acceptors (Lipinski definition) is 4. The van der Waals surface area contributed by atoms with Crippen molar-refractivity contribution in [2.45, 2.75) is 45.4 Å². The molecule has 0 bridgehead atoms. The van der Waals surface area contributed by atoms with Gasteiger partial charge >= 0.3 is 0 Å². The highest BCUT2D eigenvalue weighted by Crippen LogP contribution is 2.06. The van der Waals surface area contributed by atoms with Crippen molar-refractivity contribution < 1.29 is 4.79 Å². The number of hydrogen-bond donors (Lipinski definition) is 1. The van der Waals surface area contributed by atoms with Gasteiger partial charge < -0.3 is 5.73 Å². The molecule has 84 valence electrons. The highest BCUT2D eigenvalue weighted by molar-refractivity contribution is 5.77. The van der Waals surface area contributed by atoms with Crippen LogP contribution in [0, 0.1) is 0 Å². The summed E-state index contributed by atoms with van der Waals surface area (Å²) in [6, 6.07) is 0. The number of nitrogens with two attached hydrogens (primary N) is 1. The lowest BCUT2D eigenvalue weighted by Crippen LogP contribution is -2.11. The second-order valence-electron chi connectivity index (χ2n) is 3.61. The molecule has 2 N–H and O–H groups in total. The Morgan fingerprint density at radius 2 is 2.13 bits per heavy atom. The molecular weight excluding hydrogens is 192 g/mol. The summed E-state index contributed by atoms with van der Waals surface area (Å²) in [5.41, 5.74) is 5.32. The predicted molar refractivity (Wildman–Crippen MR) is 58.4 cm³/mol. The Hall–Kier alpha value is -1.39. The number of aromatic nitrogens is 3. The fourth-order valence-electron chi connectivity index (χ4n) is 1.39. The third kappa shape index (κ3) is 4.10. The third-order valence-electron chi connectivity index (χ3n) is 2.26. The lowest BCUT2D eigenvalue weighted by molar-refractivity contribution is 0.0883. The molecule has 1 aromatic heterocycles. The van der Waals surface area contributed by atoms with Gasteiger partial charge in [0.25, 0.3) is 0 Å². The first-order valence-electron chi connectivity index (χ1n) is 5.44. The second kappa shape index (κ2) is 6.16. The summed E-state index contributed by atoms with van der Waals surface area (Å²) < 4.78 is 1.22. The molecule has 0 atom stereocenters. The Balaban J connectivity index is 2.19. The van der Waals surface area contributed by atoms with E-state index in [4.69, 9.17) is 5.73 Å². The molecule has 0 saturated carbocycles. The van der Waals surface area contributed by atoms with Crippen LogP contribution in [0.15, 0.2) is 6.33 Å². The first kappa shape index (κ1) is 11.7. The summed E-state index contributed by atoms with van der Waals surface area (Å²) in [6.07, 6.45) is 7.56. The topological polar surface area (TPSA) is 73.8 Å². The van der Waals surface area contributed by atoms with E-state index < -0.39 is 0 Å². The first-order chi connectivity index (χ1) is 7.24. The molecule has 0 fully saturated rings. The molecule has 0 saturated heterocycles. The lowest BCUT2D eigenvalue weighted by Gasteiger charge is -1.99. The molecule has 5 nitrogen and oxygen atoms in total. The Morgan fingerprint density at radius 1 is 1.40 bits per heavy atom. The van der Waals surface area contributed by atoms with Crippen LogP contribution in [0.2, 0.25) is 0 Å². The Morgan fingerprint density at radius 3 is 2.73 bits per heavy atom. The standard InChI is InChI=1S/C10H18N4O/c1-2-3-4-5-6-7-9(15)14-8-12-10(11)13-14/h8H,2-7H2,1H3,(H2,11,13). The maximum atomic E-state index is 11.5. The molecule has 0 unspecified atom stereocenters. The van der Waals surface area contributed by atoms with Gasteiger partial charge in [-0.15, -0.1) is 5.10 Å². The first-order valence-corrected chi connectivity index (χ1v) is 5.44. The quantitative estimate of drug-likeness (QED) is 0.727. The van der Waals surface area contributed by atoms with E-state index >= 15 is 0 Å². The minimum atomic E-state index is -0.0318. The van der Waals surface area contributed by atoms with E-state index in [9.17, 15) is 4.79 Å². The average Bonchev–Trinajstić information content (AvgIpc) is 2.64. The van der Waals surface area contributed by atoms with E-state index in [1.807, 2.05) is 0 Å². The Bertz CT molecular complexity index is 308. The highest BCUT2D eigenvalue weighted by atomic mass is 16.2. The maximum absolute atomic E-state index is 11.5. The summed E-state index contributed by atoms with van der Waals surface area (Å²) in [6.45, 7) is 2.17. The zero-order valence-corrected chi connectivity index (χ0v) is 9.15. The number of nitrogen functional groups attached to an aromatic ring is 1. The molecule has 15 heavy (non-hydrogen) atoms. The van der Waals surface area contributed by atoms with E-state index in [0.29, 0.717) is 6.42 Å². The van der Waals surface area contributed by atoms with Crippen LogP contribution in [0.1, 0.15) is 50.2 Å². The van der Waals surface area contributed by atoms with Crippen LogP contribution in [0.5, 0.6) is 0 Å². The number of carbonyl (C=O) groups excluding carboxylic acids is 1. The van der Waals surface area contributed by atoms with Gasteiger partial charge in [0.2, 0.25) is 11.9 Å². The molecular formula is C10H18N4O. The van der Waals surface area contributed by atoms with Crippen LogP contribution < -0.4 is 5.73 Å². The lowest BCUT2D eigenvalue weighted by atomic mass is 10.1. The van der Waals surface area contributed by atoms with Crippen molar-refractivity contribution in [2.75, 3.05) is 5.73 Å². The number of nitrogens with zero attached hydrogens (tertiary/aromatic N) is 3. The third-order valence-corrected chi connectivity index (χ3v) is 2.26. The summed E-state index contributed by atoms with van der Waals surface area (Å²) in [4.78, 5) is 15.2. The summed E-state index contributed by atoms with van der Waals surface area (Å²) in [7, 11) is 0. The van der Waals surface area contributed by atoms with Crippen molar-refractivity contribution in [1.29, 1.82) is 0 Å². The van der Waals surface area contributed by atoms with Crippen LogP contribution >= 0.6 is 0 Å². The van der Waals surface area contributed by atoms with Crippen LogP contribution in [0.3, 0.4) is 0 Å². The monoisotopic (exact) mass is 210 g/mol. The zero-order valence-electron chi connectivity index (χ0n) is 9.15. The van der Waals surface area contributed by atoms with E-state index in [-0.39, 0.29) is 11.9 Å². The molecule has 0 aliphatic heterocycles. The smallest absolute Gasteiger partial charge is 0.248 e. The highest BCUT2D eigenvalue weighted by Gasteiger charge is 2.06.